The maximum Gasteiger partial charge on any atom is 0.162 e. The van der Waals surface area contributed by atoms with Gasteiger partial charge in [-0.3, -0.25) is 5.41 Å². The van der Waals surface area contributed by atoms with E-state index >= 15 is 0 Å². The number of nitrogens with one attached hydrogen (secondary N) is 1. The number of aromatic nitrogens is 2. The van der Waals surface area contributed by atoms with Gasteiger partial charge in [0.15, 0.2) is 5.82 Å². The van der Waals surface area contributed by atoms with Gasteiger partial charge < -0.3 is 15.7 Å². The summed E-state index contributed by atoms with van der Waals surface area (Å²) in [5, 5.41) is 24.8. The van der Waals surface area contributed by atoms with Crippen LogP contribution >= 0.6 is 0 Å². The molecule has 0 aliphatic rings. The summed E-state index contributed by atoms with van der Waals surface area (Å²) in [6.07, 6.45) is 1.48. The number of nitrogens with zero attached hydrogens (tertiary/aromatic N) is 3. The maximum absolute atomic E-state index is 9.70. The maximum atomic E-state index is 9.70. The molecule has 16 heavy (non-hydrogen) atoms. The van der Waals surface area contributed by atoms with Crippen molar-refractivity contribution in [3.63, 3.8) is 0 Å². The summed E-state index contributed by atoms with van der Waals surface area (Å²) < 4.78 is 0. The smallest absolute Gasteiger partial charge is 0.162 e. The van der Waals surface area contributed by atoms with Gasteiger partial charge in [0.2, 0.25) is 0 Å². The van der Waals surface area contributed by atoms with Crippen LogP contribution in [0.2, 0.25) is 0 Å². The van der Waals surface area contributed by atoms with Gasteiger partial charge in [-0.05, 0) is 19.9 Å². The predicted molar refractivity (Wildman–Crippen MR) is 62.6 cm³/mol. The number of nitrogen functional groups attached to an aromatic ring is 1. The Bertz CT molecular complexity index is 385. The molecule has 88 valence electrons. The zero-order chi connectivity index (χ0) is 12.3. The Balaban J connectivity index is 2.99. The van der Waals surface area contributed by atoms with Crippen molar-refractivity contribution >= 4 is 11.7 Å². The zero-order valence-corrected chi connectivity index (χ0v) is 9.73. The normalized spacial score (nSPS) is 11.2. The summed E-state index contributed by atoms with van der Waals surface area (Å²) in [6.45, 7) is 3.78. The second-order valence-corrected chi connectivity index (χ2v) is 4.35. The molecule has 0 aliphatic carbocycles. The molecule has 1 aromatic rings. The third-order valence-corrected chi connectivity index (χ3v) is 1.98. The highest BCUT2D eigenvalue weighted by atomic mass is 16.3. The molecule has 0 spiro atoms. The molecule has 0 atom stereocenters. The second kappa shape index (κ2) is 4.44. The van der Waals surface area contributed by atoms with Crippen LogP contribution in [0.4, 0.5) is 5.82 Å². The van der Waals surface area contributed by atoms with Gasteiger partial charge >= 0.3 is 0 Å². The standard InChI is InChI=1S/C10H17N5O/c1-10(2,16)6-15(3)9-7(8(11)12)4-5-13-14-9/h4-5,16H,6H2,1-3H3,(H3,11,12). The lowest BCUT2D eigenvalue weighted by Crippen LogP contribution is -2.37. The largest absolute Gasteiger partial charge is 0.389 e. The Kier molecular flexibility index (Phi) is 3.44. The van der Waals surface area contributed by atoms with Gasteiger partial charge in [0.25, 0.3) is 0 Å². The molecule has 0 aromatic carbocycles. The van der Waals surface area contributed by atoms with Gasteiger partial charge in [0.05, 0.1) is 17.4 Å². The molecule has 1 aromatic heterocycles. The van der Waals surface area contributed by atoms with Crippen molar-refractivity contribution in [3.05, 3.63) is 17.8 Å². The van der Waals surface area contributed by atoms with Crippen LogP contribution < -0.4 is 10.6 Å². The lowest BCUT2D eigenvalue weighted by molar-refractivity contribution is 0.0884. The van der Waals surface area contributed by atoms with Crippen LogP contribution in [0, 0.1) is 5.41 Å². The molecule has 1 heterocycles. The van der Waals surface area contributed by atoms with Crippen LogP contribution in [0.3, 0.4) is 0 Å². The summed E-state index contributed by atoms with van der Waals surface area (Å²) in [4.78, 5) is 1.73. The fraction of sp³-hybridized carbons (Fsp3) is 0.500. The first kappa shape index (κ1) is 12.4. The molecule has 0 saturated heterocycles. The van der Waals surface area contributed by atoms with Crippen LogP contribution in [0.1, 0.15) is 19.4 Å². The van der Waals surface area contributed by atoms with Crippen LogP contribution in [0.25, 0.3) is 0 Å². The van der Waals surface area contributed by atoms with Crippen molar-refractivity contribution in [1.29, 1.82) is 5.41 Å². The van der Waals surface area contributed by atoms with E-state index in [1.54, 1.807) is 31.9 Å². The molecule has 0 aliphatic heterocycles. The SMILES string of the molecule is CN(CC(C)(C)O)c1nnccc1C(=N)N. The van der Waals surface area contributed by atoms with Gasteiger partial charge in [-0.1, -0.05) is 0 Å². The van der Waals surface area contributed by atoms with Crippen LogP contribution in [0.15, 0.2) is 12.3 Å². The van der Waals surface area contributed by atoms with Crippen LogP contribution in [-0.2, 0) is 0 Å². The molecule has 4 N–H and O–H groups in total. The van der Waals surface area contributed by atoms with E-state index in [0.29, 0.717) is 17.9 Å². The van der Waals surface area contributed by atoms with E-state index < -0.39 is 5.60 Å². The van der Waals surface area contributed by atoms with Gasteiger partial charge in [-0.25, -0.2) is 0 Å². The van der Waals surface area contributed by atoms with Crippen LogP contribution in [0.5, 0.6) is 0 Å². The highest BCUT2D eigenvalue weighted by Gasteiger charge is 2.19. The first-order chi connectivity index (χ1) is 7.31. The monoisotopic (exact) mass is 223 g/mol. The highest BCUT2D eigenvalue weighted by molar-refractivity contribution is 5.99. The second-order valence-electron chi connectivity index (χ2n) is 4.35. The summed E-state index contributed by atoms with van der Waals surface area (Å²) in [5.41, 5.74) is 5.11. The van der Waals surface area contributed by atoms with E-state index in [0.717, 1.165) is 0 Å². The number of anilines is 1. The summed E-state index contributed by atoms with van der Waals surface area (Å²) in [7, 11) is 1.77. The molecule has 0 fully saturated rings. The summed E-state index contributed by atoms with van der Waals surface area (Å²) >= 11 is 0. The summed E-state index contributed by atoms with van der Waals surface area (Å²) in [5.74, 6) is 0.435. The zero-order valence-electron chi connectivity index (χ0n) is 9.73. The van der Waals surface area contributed by atoms with Gasteiger partial charge in [0.1, 0.15) is 5.84 Å². The predicted octanol–water partition coefficient (Wildman–Crippen LogP) is -0.0322. The third kappa shape index (κ3) is 3.16. The Morgan fingerprint density at radius 2 is 2.25 bits per heavy atom. The molecule has 6 nitrogen and oxygen atoms in total. The molecule has 0 saturated carbocycles. The Morgan fingerprint density at radius 1 is 1.62 bits per heavy atom. The van der Waals surface area contributed by atoms with E-state index in [1.807, 2.05) is 0 Å². The van der Waals surface area contributed by atoms with E-state index in [2.05, 4.69) is 10.2 Å². The van der Waals surface area contributed by atoms with Gasteiger partial charge in [-0.2, -0.15) is 5.10 Å². The number of nitrogens with two attached hydrogens (primary N) is 1. The Morgan fingerprint density at radius 3 is 2.75 bits per heavy atom. The number of hydrogen-bond donors (Lipinski definition) is 3. The topological polar surface area (TPSA) is 99.1 Å². The number of amidine groups is 1. The number of aliphatic hydroxyl groups is 1. The van der Waals surface area contributed by atoms with Crippen molar-refractivity contribution in [2.45, 2.75) is 19.4 Å². The third-order valence-electron chi connectivity index (χ3n) is 1.98. The average Bonchev–Trinajstić information content (AvgIpc) is 2.15. The molecular formula is C10H17N5O. The van der Waals surface area contributed by atoms with Crippen LogP contribution in [-0.4, -0.2) is 40.3 Å². The van der Waals surface area contributed by atoms with E-state index in [4.69, 9.17) is 11.1 Å². The van der Waals surface area contributed by atoms with E-state index in [-0.39, 0.29) is 5.84 Å². The molecule has 0 amide bonds. The minimum atomic E-state index is -0.847. The van der Waals surface area contributed by atoms with Crippen molar-refractivity contribution < 1.29 is 5.11 Å². The molecule has 6 heteroatoms. The van der Waals surface area contributed by atoms with Crippen molar-refractivity contribution in [2.75, 3.05) is 18.5 Å². The first-order valence-corrected chi connectivity index (χ1v) is 4.91. The molecule has 1 rings (SSSR count). The molecule has 0 radical (unpaired) electrons. The van der Waals surface area contributed by atoms with Crippen molar-refractivity contribution in [3.8, 4) is 0 Å². The highest BCUT2D eigenvalue weighted by Crippen LogP contribution is 2.16. The van der Waals surface area contributed by atoms with E-state index in [1.165, 1.54) is 6.20 Å². The molecule has 0 unspecified atom stereocenters. The molecule has 0 bridgehead atoms. The van der Waals surface area contributed by atoms with Gasteiger partial charge in [-0.15, -0.1) is 5.10 Å². The minimum Gasteiger partial charge on any atom is -0.389 e. The fourth-order valence-electron chi connectivity index (χ4n) is 1.47. The van der Waals surface area contributed by atoms with Crippen molar-refractivity contribution in [2.24, 2.45) is 5.73 Å². The molecular weight excluding hydrogens is 206 g/mol. The number of hydrogen-bond acceptors (Lipinski definition) is 5. The first-order valence-electron chi connectivity index (χ1n) is 4.91. The number of likely N-dealkylation sites (N-methyl/N-ethyl adjacent to an activating group) is 1. The van der Waals surface area contributed by atoms with E-state index in [9.17, 15) is 5.11 Å². The quantitative estimate of drug-likeness (QED) is 0.491. The lowest BCUT2D eigenvalue weighted by Gasteiger charge is -2.27. The summed E-state index contributed by atoms with van der Waals surface area (Å²) in [6, 6.07) is 1.63. The van der Waals surface area contributed by atoms with Crippen molar-refractivity contribution in [1.82, 2.24) is 10.2 Å². The fourth-order valence-corrected chi connectivity index (χ4v) is 1.47. The van der Waals surface area contributed by atoms with Gasteiger partial charge in [0, 0.05) is 13.6 Å². The number of rotatable bonds is 4. The Labute approximate surface area is 94.6 Å². The lowest BCUT2D eigenvalue weighted by atomic mass is 10.1. The minimum absolute atomic E-state index is 0.0625. The Hall–Kier alpha value is -1.69. The average molecular weight is 223 g/mol.